The van der Waals surface area contributed by atoms with E-state index in [4.69, 9.17) is 0 Å². The largest absolute Gasteiger partial charge is 0.326 e. The molecule has 2 N–H and O–H groups in total. The number of nitrogens with one attached hydrogen (secondary N) is 2. The maximum Gasteiger partial charge on any atom is 0.326 e. The Labute approximate surface area is 236 Å². The van der Waals surface area contributed by atoms with Crippen LogP contribution in [-0.4, -0.2) is 28.5 Å². The number of carbonyl (C=O) groups is 2. The number of para-hydroxylation sites is 1. The quantitative estimate of drug-likeness (QED) is 0.248. The Morgan fingerprint density at radius 2 is 1.59 bits per heavy atom. The number of nitrogens with zero attached hydrogens (tertiary/aromatic N) is 1. The summed E-state index contributed by atoms with van der Waals surface area (Å²) in [5.41, 5.74) is 2.37. The van der Waals surface area contributed by atoms with Crippen molar-refractivity contribution in [2.45, 2.75) is 33.3 Å². The van der Waals surface area contributed by atoms with E-state index < -0.39 is 0 Å². The Kier molecular flexibility index (Phi) is 7.18. The van der Waals surface area contributed by atoms with Crippen LogP contribution in [-0.2, 0) is 4.79 Å². The molecule has 39 heavy (non-hydrogen) atoms. The Balaban J connectivity index is 1.14. The van der Waals surface area contributed by atoms with Gasteiger partial charge in [-0.2, -0.15) is 0 Å². The number of allylic oxidation sites excluding steroid dienone is 2. The third-order valence-corrected chi connectivity index (χ3v) is 9.15. The van der Waals surface area contributed by atoms with E-state index in [0.717, 1.165) is 31.9 Å². The first kappa shape index (κ1) is 25.3. The summed E-state index contributed by atoms with van der Waals surface area (Å²) in [4.78, 5) is 30.4. The highest BCUT2D eigenvalue weighted by Gasteiger charge is 2.36. The molecular weight excluding hydrogens is 523 g/mol. The summed E-state index contributed by atoms with van der Waals surface area (Å²) in [5.74, 6) is -0.0738. The normalized spacial score (nSPS) is 18.2. The molecule has 1 heterocycles. The Hall–Kier alpha value is -3.94. The van der Waals surface area contributed by atoms with Gasteiger partial charge in [0, 0.05) is 21.2 Å². The van der Waals surface area contributed by atoms with Crippen LogP contribution in [0.4, 0.5) is 21.9 Å². The number of urea groups is 1. The van der Waals surface area contributed by atoms with Crippen LogP contribution in [0.15, 0.2) is 125 Å². The van der Waals surface area contributed by atoms with E-state index in [0.29, 0.717) is 5.69 Å². The number of fused-ring (bicyclic) bond motifs is 3. The topological polar surface area (TPSA) is 61.4 Å². The summed E-state index contributed by atoms with van der Waals surface area (Å²) in [7, 11) is 0. The molecule has 5 nitrogen and oxygen atoms in total. The third kappa shape index (κ3) is 5.46. The summed E-state index contributed by atoms with van der Waals surface area (Å²) in [6, 6.07) is 29.4. The highest BCUT2D eigenvalue weighted by molar-refractivity contribution is 8.00. The molecule has 0 spiro atoms. The molecule has 1 aliphatic heterocycles. The zero-order valence-electron chi connectivity index (χ0n) is 21.3. The first-order chi connectivity index (χ1) is 19.0. The van der Waals surface area contributed by atoms with Gasteiger partial charge in [0.2, 0.25) is 5.91 Å². The van der Waals surface area contributed by atoms with Gasteiger partial charge in [-0.1, -0.05) is 72.8 Å². The lowest BCUT2D eigenvalue weighted by molar-refractivity contribution is -0.115. The average molecular weight is 550 g/mol. The van der Waals surface area contributed by atoms with Crippen molar-refractivity contribution in [3.05, 3.63) is 115 Å². The number of anilines is 3. The van der Waals surface area contributed by atoms with Crippen LogP contribution in [0.25, 0.3) is 10.8 Å². The Bertz CT molecular complexity index is 1620. The van der Waals surface area contributed by atoms with Gasteiger partial charge in [-0.15, -0.1) is 23.5 Å². The fourth-order valence-corrected chi connectivity index (χ4v) is 7.01. The van der Waals surface area contributed by atoms with Gasteiger partial charge >= 0.3 is 6.03 Å². The lowest BCUT2D eigenvalue weighted by atomic mass is 10.1. The van der Waals surface area contributed by atoms with Gasteiger partial charge in [-0.25, -0.2) is 4.79 Å². The molecule has 3 amide bonds. The van der Waals surface area contributed by atoms with Crippen molar-refractivity contribution < 1.29 is 9.59 Å². The molecule has 0 bridgehead atoms. The molecule has 0 fully saturated rings. The van der Waals surface area contributed by atoms with Crippen molar-refractivity contribution in [3.63, 3.8) is 0 Å². The first-order valence-electron chi connectivity index (χ1n) is 12.8. The average Bonchev–Trinajstić information content (AvgIpc) is 2.96. The Morgan fingerprint density at radius 3 is 2.49 bits per heavy atom. The third-order valence-electron chi connectivity index (χ3n) is 6.75. The molecule has 3 atom stereocenters. The van der Waals surface area contributed by atoms with Gasteiger partial charge in [0.05, 0.1) is 22.2 Å². The number of carbonyl (C=O) groups excluding carboxylic acids is 2. The zero-order chi connectivity index (χ0) is 26.8. The lowest BCUT2D eigenvalue weighted by Crippen LogP contribution is -2.49. The molecule has 4 aromatic carbocycles. The fraction of sp³-hybridized carbons (Fsp3) is 0.125. The van der Waals surface area contributed by atoms with E-state index in [1.807, 2.05) is 103 Å². The minimum atomic E-state index is -0.326. The van der Waals surface area contributed by atoms with Crippen LogP contribution in [0.5, 0.6) is 0 Å². The predicted octanol–water partition coefficient (Wildman–Crippen LogP) is 7.97. The summed E-state index contributed by atoms with van der Waals surface area (Å²) in [5, 5.41) is 8.18. The van der Waals surface area contributed by atoms with E-state index in [1.54, 1.807) is 11.8 Å². The molecule has 194 valence electrons. The van der Waals surface area contributed by atoms with E-state index in [2.05, 4.69) is 34.9 Å². The van der Waals surface area contributed by atoms with Gasteiger partial charge in [-0.05, 0) is 60.2 Å². The smallest absolute Gasteiger partial charge is 0.325 e. The number of hydrogen-bond acceptors (Lipinski definition) is 4. The van der Waals surface area contributed by atoms with Crippen molar-refractivity contribution in [2.75, 3.05) is 15.5 Å². The minimum Gasteiger partial charge on any atom is -0.325 e. The van der Waals surface area contributed by atoms with E-state index in [9.17, 15) is 9.59 Å². The van der Waals surface area contributed by atoms with Crippen molar-refractivity contribution in [3.8, 4) is 0 Å². The van der Waals surface area contributed by atoms with Crippen LogP contribution < -0.4 is 15.5 Å². The molecule has 3 unspecified atom stereocenters. The number of amides is 3. The molecule has 0 aromatic heterocycles. The molecule has 1 aliphatic carbocycles. The summed E-state index contributed by atoms with van der Waals surface area (Å²) >= 11 is 3.24. The number of hydrogen-bond donors (Lipinski definition) is 2. The van der Waals surface area contributed by atoms with E-state index in [1.165, 1.54) is 11.8 Å². The Morgan fingerprint density at radius 1 is 0.821 bits per heavy atom. The maximum atomic E-state index is 13.6. The standard InChI is InChI=1S/C32H27N3O2S2/c1-21(31(36)33-25-18-17-22-9-2-3-10-23(22)19-25)38-26-12-8-11-24(20-26)34-32(37)35-27-13-4-6-15-29(27)39-30-16-7-5-14-28(30)35/h2-21,27,29H,1H3,(H,33,36)(H,34,37). The molecule has 4 aromatic rings. The highest BCUT2D eigenvalue weighted by atomic mass is 32.2. The summed E-state index contributed by atoms with van der Waals surface area (Å²) in [6.45, 7) is 1.89. The van der Waals surface area contributed by atoms with Gasteiger partial charge < -0.3 is 10.6 Å². The van der Waals surface area contributed by atoms with E-state index in [-0.39, 0.29) is 28.5 Å². The van der Waals surface area contributed by atoms with Crippen molar-refractivity contribution in [2.24, 2.45) is 0 Å². The molecule has 7 heteroatoms. The second-order valence-corrected chi connectivity index (χ2v) is 12.1. The van der Waals surface area contributed by atoms with Crippen LogP contribution >= 0.6 is 23.5 Å². The first-order valence-corrected chi connectivity index (χ1v) is 14.6. The minimum absolute atomic E-state index is 0.0636. The van der Waals surface area contributed by atoms with Crippen molar-refractivity contribution in [1.82, 2.24) is 0 Å². The van der Waals surface area contributed by atoms with Crippen LogP contribution in [0.3, 0.4) is 0 Å². The second kappa shape index (κ2) is 11.0. The zero-order valence-corrected chi connectivity index (χ0v) is 22.9. The molecule has 0 saturated carbocycles. The molecule has 0 radical (unpaired) electrons. The number of benzene rings is 4. The second-order valence-electron chi connectivity index (χ2n) is 9.45. The summed E-state index contributed by atoms with van der Waals surface area (Å²) < 4.78 is 0. The van der Waals surface area contributed by atoms with Crippen LogP contribution in [0.2, 0.25) is 0 Å². The van der Waals surface area contributed by atoms with Crippen LogP contribution in [0, 0.1) is 0 Å². The van der Waals surface area contributed by atoms with Gasteiger partial charge in [-0.3, -0.25) is 9.69 Å². The number of rotatable bonds is 5. The van der Waals surface area contributed by atoms with Gasteiger partial charge in [0.25, 0.3) is 0 Å². The SMILES string of the molecule is CC(Sc1cccc(NC(=O)N2c3ccccc3SC3C=CC=CC32)c1)C(=O)Nc1ccc2ccccc2c1. The lowest BCUT2D eigenvalue weighted by Gasteiger charge is -2.40. The summed E-state index contributed by atoms with van der Waals surface area (Å²) in [6.07, 6.45) is 8.26. The molecule has 6 rings (SSSR count). The monoisotopic (exact) mass is 549 g/mol. The predicted molar refractivity (Wildman–Crippen MR) is 164 cm³/mol. The van der Waals surface area contributed by atoms with Crippen molar-refractivity contribution >= 4 is 63.3 Å². The highest BCUT2D eigenvalue weighted by Crippen LogP contribution is 2.43. The van der Waals surface area contributed by atoms with Gasteiger partial charge in [0.1, 0.15) is 0 Å². The number of thioether (sulfide) groups is 2. The molecular formula is C32H27N3O2S2. The maximum absolute atomic E-state index is 13.6. The van der Waals surface area contributed by atoms with Gasteiger partial charge in [0.15, 0.2) is 0 Å². The van der Waals surface area contributed by atoms with Crippen molar-refractivity contribution in [1.29, 1.82) is 0 Å². The molecule has 0 saturated heterocycles. The molecule has 2 aliphatic rings. The fourth-order valence-electron chi connectivity index (χ4n) is 4.82. The van der Waals surface area contributed by atoms with E-state index >= 15 is 0 Å². The van der Waals surface area contributed by atoms with Crippen LogP contribution in [0.1, 0.15) is 6.92 Å².